The van der Waals surface area contributed by atoms with E-state index in [1.807, 2.05) is 6.92 Å². The molecule has 2 N–H and O–H groups in total. The van der Waals surface area contributed by atoms with E-state index in [4.69, 9.17) is 10.2 Å². The largest absolute Gasteiger partial charge is 0.423 e. The summed E-state index contributed by atoms with van der Waals surface area (Å²) in [6, 6.07) is 8.70. The summed E-state index contributed by atoms with van der Waals surface area (Å²) in [4.78, 5) is 4.19. The average Bonchev–Trinajstić information content (AvgIpc) is 2.71. The van der Waals surface area contributed by atoms with Crippen LogP contribution in [0.15, 0.2) is 28.7 Å². The van der Waals surface area contributed by atoms with Crippen LogP contribution in [0.1, 0.15) is 32.0 Å². The molecule has 0 fully saturated rings. The van der Waals surface area contributed by atoms with Gasteiger partial charge in [-0.1, -0.05) is 45.0 Å². The monoisotopic (exact) mass is 244 g/mol. The number of aromatic nitrogens is 1. The quantitative estimate of drug-likeness (QED) is 0.892. The summed E-state index contributed by atoms with van der Waals surface area (Å²) in [6.45, 7) is 6.49. The first kappa shape index (κ1) is 12.7. The van der Waals surface area contributed by atoms with E-state index < -0.39 is 0 Å². The number of rotatable bonds is 4. The van der Waals surface area contributed by atoms with E-state index >= 15 is 0 Å². The second-order valence-electron chi connectivity index (χ2n) is 4.98. The van der Waals surface area contributed by atoms with Gasteiger partial charge in [0.2, 0.25) is 0 Å². The first-order valence-electron chi connectivity index (χ1n) is 6.44. The highest BCUT2D eigenvalue weighted by atomic mass is 16.4. The van der Waals surface area contributed by atoms with Crippen molar-refractivity contribution in [1.29, 1.82) is 0 Å². The van der Waals surface area contributed by atoms with Crippen molar-refractivity contribution in [2.45, 2.75) is 33.6 Å². The minimum absolute atomic E-state index is 0.244. The highest BCUT2D eigenvalue weighted by Crippen LogP contribution is 2.27. The number of aryl methyl sites for hydroxylation is 1. The van der Waals surface area contributed by atoms with Crippen LogP contribution in [0.3, 0.4) is 0 Å². The maximum Gasteiger partial charge on any atom is 0.292 e. The standard InChI is InChI=1S/C15H20N2O/c1-4-13-14(18-15(16)17-13)12-7-5-11(6-8-12)9-10(2)3/h5-8,10H,4,9H2,1-3H3,(H2,16,17). The van der Waals surface area contributed by atoms with Gasteiger partial charge in [0.15, 0.2) is 5.76 Å². The van der Waals surface area contributed by atoms with Crippen molar-refractivity contribution in [3.05, 3.63) is 35.5 Å². The zero-order valence-corrected chi connectivity index (χ0v) is 11.2. The van der Waals surface area contributed by atoms with Crippen molar-refractivity contribution in [3.8, 4) is 11.3 Å². The number of anilines is 1. The third-order valence-corrected chi connectivity index (χ3v) is 2.91. The number of oxazole rings is 1. The third kappa shape index (κ3) is 2.73. The van der Waals surface area contributed by atoms with Crippen LogP contribution in [0.25, 0.3) is 11.3 Å². The van der Waals surface area contributed by atoms with Gasteiger partial charge in [-0.3, -0.25) is 0 Å². The normalized spacial score (nSPS) is 11.1. The van der Waals surface area contributed by atoms with E-state index in [2.05, 4.69) is 43.1 Å². The lowest BCUT2D eigenvalue weighted by molar-refractivity contribution is 0.593. The minimum atomic E-state index is 0.244. The van der Waals surface area contributed by atoms with Gasteiger partial charge in [0.25, 0.3) is 6.01 Å². The molecule has 3 heteroatoms. The van der Waals surface area contributed by atoms with Gasteiger partial charge in [0, 0.05) is 5.56 Å². The Hall–Kier alpha value is -1.77. The fourth-order valence-electron chi connectivity index (χ4n) is 2.10. The zero-order chi connectivity index (χ0) is 13.1. The van der Waals surface area contributed by atoms with Crippen LogP contribution in [0, 0.1) is 5.92 Å². The third-order valence-electron chi connectivity index (χ3n) is 2.91. The van der Waals surface area contributed by atoms with Crippen molar-refractivity contribution in [1.82, 2.24) is 4.98 Å². The molecular formula is C15H20N2O. The molecule has 0 aliphatic heterocycles. The van der Waals surface area contributed by atoms with Gasteiger partial charge >= 0.3 is 0 Å². The molecule has 0 atom stereocenters. The molecule has 96 valence electrons. The first-order chi connectivity index (χ1) is 8.60. The van der Waals surface area contributed by atoms with E-state index in [9.17, 15) is 0 Å². The van der Waals surface area contributed by atoms with Crippen LogP contribution >= 0.6 is 0 Å². The summed E-state index contributed by atoms with van der Waals surface area (Å²) in [5, 5.41) is 0. The van der Waals surface area contributed by atoms with E-state index in [1.54, 1.807) is 0 Å². The Morgan fingerprint density at radius 1 is 1.22 bits per heavy atom. The Bertz CT molecular complexity index is 512. The fourth-order valence-corrected chi connectivity index (χ4v) is 2.10. The molecule has 0 aliphatic rings. The molecule has 0 spiro atoms. The molecule has 1 aromatic carbocycles. The number of nitrogens with zero attached hydrogens (tertiary/aromatic N) is 1. The maximum absolute atomic E-state index is 5.61. The average molecular weight is 244 g/mol. The SMILES string of the molecule is CCc1nc(N)oc1-c1ccc(CC(C)C)cc1. The Morgan fingerprint density at radius 3 is 2.44 bits per heavy atom. The predicted molar refractivity (Wildman–Crippen MR) is 74.3 cm³/mol. The zero-order valence-electron chi connectivity index (χ0n) is 11.2. The number of nitrogens with two attached hydrogens (primary N) is 1. The second kappa shape index (κ2) is 5.25. The van der Waals surface area contributed by atoms with E-state index in [0.29, 0.717) is 5.92 Å². The molecule has 2 aromatic rings. The van der Waals surface area contributed by atoms with Gasteiger partial charge in [-0.2, -0.15) is 4.98 Å². The van der Waals surface area contributed by atoms with Crippen molar-refractivity contribution < 1.29 is 4.42 Å². The Kier molecular flexibility index (Phi) is 3.70. The van der Waals surface area contributed by atoms with E-state index in [-0.39, 0.29) is 6.01 Å². The topological polar surface area (TPSA) is 52.0 Å². The summed E-state index contributed by atoms with van der Waals surface area (Å²) < 4.78 is 5.48. The molecule has 0 unspecified atom stereocenters. The fraction of sp³-hybridized carbons (Fsp3) is 0.400. The Labute approximate surface area is 108 Å². The van der Waals surface area contributed by atoms with E-state index in [1.165, 1.54) is 5.56 Å². The lowest BCUT2D eigenvalue weighted by Crippen LogP contribution is -1.93. The molecule has 18 heavy (non-hydrogen) atoms. The van der Waals surface area contributed by atoms with Crippen LogP contribution in [0.5, 0.6) is 0 Å². The smallest absolute Gasteiger partial charge is 0.292 e. The molecule has 3 nitrogen and oxygen atoms in total. The number of hydrogen-bond acceptors (Lipinski definition) is 3. The summed E-state index contributed by atoms with van der Waals surface area (Å²) in [5.41, 5.74) is 8.92. The Balaban J connectivity index is 2.28. The van der Waals surface area contributed by atoms with Crippen LogP contribution in [-0.4, -0.2) is 4.98 Å². The number of hydrogen-bond donors (Lipinski definition) is 1. The van der Waals surface area contributed by atoms with Crippen molar-refractivity contribution in [2.24, 2.45) is 5.92 Å². The van der Waals surface area contributed by atoms with Gasteiger partial charge < -0.3 is 10.2 Å². The van der Waals surface area contributed by atoms with Gasteiger partial charge in [0.1, 0.15) is 0 Å². The van der Waals surface area contributed by atoms with Gasteiger partial charge in [-0.05, 0) is 24.3 Å². The summed E-state index contributed by atoms with van der Waals surface area (Å²) >= 11 is 0. The lowest BCUT2D eigenvalue weighted by atomic mass is 10.0. The molecule has 1 aromatic heterocycles. The van der Waals surface area contributed by atoms with E-state index in [0.717, 1.165) is 29.9 Å². The highest BCUT2D eigenvalue weighted by Gasteiger charge is 2.11. The van der Waals surface area contributed by atoms with Crippen LogP contribution in [0.4, 0.5) is 6.01 Å². The molecule has 0 amide bonds. The molecule has 0 saturated carbocycles. The van der Waals surface area contributed by atoms with Crippen molar-refractivity contribution in [2.75, 3.05) is 5.73 Å². The summed E-state index contributed by atoms with van der Waals surface area (Å²) in [5.74, 6) is 1.47. The Morgan fingerprint density at radius 2 is 1.89 bits per heavy atom. The molecule has 0 radical (unpaired) electrons. The van der Waals surface area contributed by atoms with Crippen LogP contribution in [0.2, 0.25) is 0 Å². The van der Waals surface area contributed by atoms with Crippen LogP contribution < -0.4 is 5.73 Å². The maximum atomic E-state index is 5.61. The van der Waals surface area contributed by atoms with Crippen molar-refractivity contribution in [3.63, 3.8) is 0 Å². The molecule has 0 aliphatic carbocycles. The first-order valence-corrected chi connectivity index (χ1v) is 6.44. The van der Waals surface area contributed by atoms with Gasteiger partial charge in [0.05, 0.1) is 5.69 Å². The minimum Gasteiger partial charge on any atom is -0.423 e. The molecule has 0 saturated heterocycles. The summed E-state index contributed by atoms with van der Waals surface area (Å²) in [7, 11) is 0. The molecule has 0 bridgehead atoms. The molecule has 2 rings (SSSR count). The summed E-state index contributed by atoms with van der Waals surface area (Å²) in [6.07, 6.45) is 1.92. The molecule has 1 heterocycles. The van der Waals surface area contributed by atoms with Gasteiger partial charge in [-0.15, -0.1) is 0 Å². The van der Waals surface area contributed by atoms with Gasteiger partial charge in [-0.25, -0.2) is 0 Å². The lowest BCUT2D eigenvalue weighted by Gasteiger charge is -2.05. The predicted octanol–water partition coefficient (Wildman–Crippen LogP) is 3.68. The highest BCUT2D eigenvalue weighted by molar-refractivity contribution is 5.61. The molecular weight excluding hydrogens is 224 g/mol. The number of benzene rings is 1. The van der Waals surface area contributed by atoms with Crippen LogP contribution in [-0.2, 0) is 12.8 Å². The second-order valence-corrected chi connectivity index (χ2v) is 4.98. The van der Waals surface area contributed by atoms with Crippen molar-refractivity contribution >= 4 is 6.01 Å². The number of nitrogen functional groups attached to an aromatic ring is 1.